The monoisotopic (exact) mass is 262 g/mol. The molecule has 3 nitrogen and oxygen atoms in total. The number of nitrogens with two attached hydrogens (primary N) is 1. The average molecular weight is 262 g/mol. The Kier molecular flexibility index (Phi) is 5.23. The van der Waals surface area contributed by atoms with Crippen molar-refractivity contribution in [3.8, 4) is 5.75 Å². The van der Waals surface area contributed by atoms with Gasteiger partial charge in [0.25, 0.3) is 0 Å². The van der Waals surface area contributed by atoms with Crippen LogP contribution in [0.3, 0.4) is 0 Å². The summed E-state index contributed by atoms with van der Waals surface area (Å²) in [5.41, 5.74) is 7.23. The van der Waals surface area contributed by atoms with Crippen LogP contribution in [-0.4, -0.2) is 37.2 Å². The minimum atomic E-state index is 0.339. The van der Waals surface area contributed by atoms with Crippen molar-refractivity contribution >= 4 is 0 Å². The number of aryl methyl sites for hydroxylation is 1. The zero-order valence-corrected chi connectivity index (χ0v) is 12.1. The molecule has 0 aromatic heterocycles. The minimum absolute atomic E-state index is 0.339. The average Bonchev–Trinajstić information content (AvgIpc) is 2.41. The zero-order chi connectivity index (χ0) is 13.7. The lowest BCUT2D eigenvalue weighted by Gasteiger charge is -2.33. The van der Waals surface area contributed by atoms with E-state index in [-0.39, 0.29) is 0 Å². The first-order chi connectivity index (χ1) is 9.15. The van der Waals surface area contributed by atoms with E-state index in [1.54, 1.807) is 0 Å². The van der Waals surface area contributed by atoms with E-state index >= 15 is 0 Å². The van der Waals surface area contributed by atoms with E-state index < -0.39 is 0 Å². The molecule has 0 aliphatic carbocycles. The van der Waals surface area contributed by atoms with Crippen molar-refractivity contribution in [2.24, 2.45) is 11.7 Å². The van der Waals surface area contributed by atoms with Crippen LogP contribution in [0.4, 0.5) is 0 Å². The molecule has 1 atom stereocenters. The number of nitrogens with zero attached hydrogens (tertiary/aromatic N) is 1. The van der Waals surface area contributed by atoms with Gasteiger partial charge in [-0.1, -0.05) is 17.7 Å². The first-order valence-corrected chi connectivity index (χ1v) is 7.32. The van der Waals surface area contributed by atoms with Crippen LogP contribution in [0.2, 0.25) is 0 Å². The number of rotatable bonds is 5. The first kappa shape index (κ1) is 14.4. The van der Waals surface area contributed by atoms with Crippen LogP contribution in [0.15, 0.2) is 24.3 Å². The standard InChI is InChI=1S/C16H26N2O/c1-13-3-5-16(6-4-13)19-12-11-18-9-7-15(8-10-18)14(2)17/h3-6,14-15H,7-12,17H2,1-2H3. The quantitative estimate of drug-likeness (QED) is 0.885. The molecule has 1 fully saturated rings. The SMILES string of the molecule is Cc1ccc(OCCN2CCC(C(C)N)CC2)cc1. The van der Waals surface area contributed by atoms with Crippen LogP contribution in [0.1, 0.15) is 25.3 Å². The van der Waals surface area contributed by atoms with E-state index in [9.17, 15) is 0 Å². The Bertz CT molecular complexity index is 367. The van der Waals surface area contributed by atoms with Gasteiger partial charge in [0.2, 0.25) is 0 Å². The highest BCUT2D eigenvalue weighted by Gasteiger charge is 2.21. The van der Waals surface area contributed by atoms with E-state index in [0.717, 1.165) is 32.0 Å². The Hall–Kier alpha value is -1.06. The van der Waals surface area contributed by atoms with Crippen LogP contribution >= 0.6 is 0 Å². The molecular weight excluding hydrogens is 236 g/mol. The van der Waals surface area contributed by atoms with Crippen molar-refractivity contribution in [3.63, 3.8) is 0 Å². The molecule has 106 valence electrons. The summed E-state index contributed by atoms with van der Waals surface area (Å²) in [6.07, 6.45) is 2.45. The van der Waals surface area contributed by atoms with Gasteiger partial charge in [0.1, 0.15) is 12.4 Å². The molecule has 0 bridgehead atoms. The lowest BCUT2D eigenvalue weighted by molar-refractivity contribution is 0.147. The third-order valence-corrected chi connectivity index (χ3v) is 4.07. The Morgan fingerprint density at radius 2 is 1.89 bits per heavy atom. The summed E-state index contributed by atoms with van der Waals surface area (Å²) >= 11 is 0. The lowest BCUT2D eigenvalue weighted by atomic mass is 9.91. The van der Waals surface area contributed by atoms with E-state index in [1.165, 1.54) is 18.4 Å². The molecule has 3 heteroatoms. The molecule has 1 unspecified atom stereocenters. The van der Waals surface area contributed by atoms with Crippen molar-refractivity contribution in [3.05, 3.63) is 29.8 Å². The molecule has 0 radical (unpaired) electrons. The highest BCUT2D eigenvalue weighted by atomic mass is 16.5. The zero-order valence-electron chi connectivity index (χ0n) is 12.1. The molecule has 1 aromatic rings. The molecule has 1 aliphatic heterocycles. The summed E-state index contributed by atoms with van der Waals surface area (Å²) < 4.78 is 5.77. The second kappa shape index (κ2) is 6.92. The van der Waals surface area contributed by atoms with Gasteiger partial charge in [-0.2, -0.15) is 0 Å². The maximum absolute atomic E-state index is 5.96. The predicted molar refractivity (Wildman–Crippen MR) is 79.5 cm³/mol. The van der Waals surface area contributed by atoms with E-state index in [2.05, 4.69) is 30.9 Å². The largest absolute Gasteiger partial charge is 0.492 e. The van der Waals surface area contributed by atoms with Crippen LogP contribution < -0.4 is 10.5 Å². The number of ether oxygens (including phenoxy) is 1. The van der Waals surface area contributed by atoms with Crippen molar-refractivity contribution in [1.29, 1.82) is 0 Å². The molecule has 1 saturated heterocycles. The van der Waals surface area contributed by atoms with Crippen LogP contribution in [-0.2, 0) is 0 Å². The van der Waals surface area contributed by atoms with Crippen LogP contribution in [0.25, 0.3) is 0 Å². The number of hydrogen-bond acceptors (Lipinski definition) is 3. The van der Waals surface area contributed by atoms with Crippen LogP contribution in [0, 0.1) is 12.8 Å². The Morgan fingerprint density at radius 1 is 1.26 bits per heavy atom. The fourth-order valence-corrected chi connectivity index (χ4v) is 2.63. The van der Waals surface area contributed by atoms with Crippen molar-refractivity contribution in [2.75, 3.05) is 26.2 Å². The number of likely N-dealkylation sites (tertiary alicyclic amines) is 1. The van der Waals surface area contributed by atoms with Gasteiger partial charge in [0.15, 0.2) is 0 Å². The summed E-state index contributed by atoms with van der Waals surface area (Å²) in [6.45, 7) is 8.31. The van der Waals surface area contributed by atoms with Gasteiger partial charge in [0, 0.05) is 12.6 Å². The third kappa shape index (κ3) is 4.51. The Balaban J connectivity index is 1.65. The first-order valence-electron chi connectivity index (χ1n) is 7.32. The maximum Gasteiger partial charge on any atom is 0.119 e. The second-order valence-corrected chi connectivity index (χ2v) is 5.70. The molecule has 0 saturated carbocycles. The molecule has 0 spiro atoms. The number of hydrogen-bond donors (Lipinski definition) is 1. The van der Waals surface area contributed by atoms with Gasteiger partial charge in [-0.3, -0.25) is 4.90 Å². The molecule has 2 rings (SSSR count). The van der Waals surface area contributed by atoms with Gasteiger partial charge >= 0.3 is 0 Å². The summed E-state index contributed by atoms with van der Waals surface area (Å²) in [6, 6.07) is 8.59. The van der Waals surface area contributed by atoms with Crippen molar-refractivity contribution < 1.29 is 4.74 Å². The van der Waals surface area contributed by atoms with Gasteiger partial charge in [-0.05, 0) is 57.8 Å². The normalized spacial score (nSPS) is 19.3. The molecule has 2 N–H and O–H groups in total. The maximum atomic E-state index is 5.96. The van der Waals surface area contributed by atoms with Crippen molar-refractivity contribution in [1.82, 2.24) is 4.90 Å². The molecule has 1 aliphatic rings. The number of benzene rings is 1. The molecule has 1 aromatic carbocycles. The second-order valence-electron chi connectivity index (χ2n) is 5.70. The molecule has 0 amide bonds. The highest BCUT2D eigenvalue weighted by molar-refractivity contribution is 5.26. The van der Waals surface area contributed by atoms with Gasteiger partial charge < -0.3 is 10.5 Å². The Morgan fingerprint density at radius 3 is 2.47 bits per heavy atom. The Labute approximate surface area is 116 Å². The van der Waals surface area contributed by atoms with Gasteiger partial charge in [0.05, 0.1) is 0 Å². The van der Waals surface area contributed by atoms with Crippen LogP contribution in [0.5, 0.6) is 5.75 Å². The van der Waals surface area contributed by atoms with Gasteiger partial charge in [-0.25, -0.2) is 0 Å². The van der Waals surface area contributed by atoms with Crippen molar-refractivity contribution in [2.45, 2.75) is 32.7 Å². The predicted octanol–water partition coefficient (Wildman–Crippen LogP) is 2.43. The highest BCUT2D eigenvalue weighted by Crippen LogP contribution is 2.19. The molecule has 1 heterocycles. The fraction of sp³-hybridized carbons (Fsp3) is 0.625. The fourth-order valence-electron chi connectivity index (χ4n) is 2.63. The van der Waals surface area contributed by atoms with E-state index in [4.69, 9.17) is 10.5 Å². The number of piperidine rings is 1. The van der Waals surface area contributed by atoms with E-state index in [0.29, 0.717) is 12.0 Å². The smallest absolute Gasteiger partial charge is 0.119 e. The minimum Gasteiger partial charge on any atom is -0.492 e. The summed E-state index contributed by atoms with van der Waals surface area (Å²) in [7, 11) is 0. The molecule has 19 heavy (non-hydrogen) atoms. The van der Waals surface area contributed by atoms with Gasteiger partial charge in [-0.15, -0.1) is 0 Å². The summed E-state index contributed by atoms with van der Waals surface area (Å²) in [5, 5.41) is 0. The topological polar surface area (TPSA) is 38.5 Å². The summed E-state index contributed by atoms with van der Waals surface area (Å²) in [5.74, 6) is 1.67. The van der Waals surface area contributed by atoms with E-state index in [1.807, 2.05) is 12.1 Å². The third-order valence-electron chi connectivity index (χ3n) is 4.07. The lowest BCUT2D eigenvalue weighted by Crippen LogP contribution is -2.41. The summed E-state index contributed by atoms with van der Waals surface area (Å²) in [4.78, 5) is 2.48. The molecular formula is C16H26N2O.